The van der Waals surface area contributed by atoms with Crippen molar-refractivity contribution < 1.29 is 4.79 Å². The number of nitrogens with zero attached hydrogens (tertiary/aromatic N) is 2. The van der Waals surface area contributed by atoms with Crippen molar-refractivity contribution in [3.8, 4) is 0 Å². The van der Waals surface area contributed by atoms with E-state index in [-0.39, 0.29) is 18.0 Å². The second-order valence-electron chi connectivity index (χ2n) is 4.29. The Balaban J connectivity index is 2.14. The van der Waals surface area contributed by atoms with E-state index in [4.69, 9.17) is 5.73 Å². The molecule has 0 aromatic carbocycles. The van der Waals surface area contributed by atoms with Gasteiger partial charge in [-0.05, 0) is 26.2 Å². The molecule has 16 heavy (non-hydrogen) atoms. The zero-order chi connectivity index (χ0) is 11.5. The van der Waals surface area contributed by atoms with Crippen LogP contribution in [0.4, 0.5) is 0 Å². The maximum atomic E-state index is 12.2. The van der Waals surface area contributed by atoms with Gasteiger partial charge in [0.2, 0.25) is 0 Å². The van der Waals surface area contributed by atoms with Crippen LogP contribution in [0.5, 0.6) is 0 Å². The highest BCUT2D eigenvalue weighted by molar-refractivity contribution is 7.07. The first-order valence-electron chi connectivity index (χ1n) is 5.65. The minimum Gasteiger partial charge on any atom is -0.333 e. The van der Waals surface area contributed by atoms with Gasteiger partial charge in [0.1, 0.15) is 5.69 Å². The van der Waals surface area contributed by atoms with Gasteiger partial charge in [0, 0.05) is 24.0 Å². The molecule has 2 unspecified atom stereocenters. The van der Waals surface area contributed by atoms with Crippen LogP contribution in [-0.4, -0.2) is 34.4 Å². The Morgan fingerprint density at radius 3 is 3.12 bits per heavy atom. The Hall–Kier alpha value is -0.940. The molecular formula is C11H17N3OS. The third-order valence-electron chi connectivity index (χ3n) is 3.07. The predicted octanol–water partition coefficient (Wildman–Crippen LogP) is 1.49. The Bertz CT molecular complexity index is 350. The van der Waals surface area contributed by atoms with Crippen molar-refractivity contribution in [2.45, 2.75) is 38.3 Å². The maximum absolute atomic E-state index is 12.2. The average molecular weight is 239 g/mol. The van der Waals surface area contributed by atoms with E-state index >= 15 is 0 Å². The van der Waals surface area contributed by atoms with Crippen molar-refractivity contribution in [2.24, 2.45) is 5.73 Å². The third-order valence-corrected chi connectivity index (χ3v) is 3.65. The quantitative estimate of drug-likeness (QED) is 0.850. The Morgan fingerprint density at radius 2 is 2.50 bits per heavy atom. The van der Waals surface area contributed by atoms with Crippen molar-refractivity contribution in [3.63, 3.8) is 0 Å². The Morgan fingerprint density at radius 1 is 1.69 bits per heavy atom. The van der Waals surface area contributed by atoms with E-state index in [0.29, 0.717) is 5.69 Å². The number of hydrogen-bond acceptors (Lipinski definition) is 4. The predicted molar refractivity (Wildman–Crippen MR) is 64.4 cm³/mol. The zero-order valence-electron chi connectivity index (χ0n) is 9.43. The normalized spacial score (nSPS) is 23.1. The number of aromatic nitrogens is 1. The second kappa shape index (κ2) is 4.93. The van der Waals surface area contributed by atoms with Crippen LogP contribution in [0.25, 0.3) is 0 Å². The molecule has 0 radical (unpaired) electrons. The largest absolute Gasteiger partial charge is 0.333 e. The van der Waals surface area contributed by atoms with Crippen LogP contribution in [0, 0.1) is 0 Å². The first kappa shape index (κ1) is 11.5. The number of hydrogen-bond donors (Lipinski definition) is 1. The molecule has 1 saturated heterocycles. The molecule has 2 heterocycles. The number of likely N-dealkylation sites (tertiary alicyclic amines) is 1. The van der Waals surface area contributed by atoms with Crippen LogP contribution < -0.4 is 5.73 Å². The molecule has 2 rings (SSSR count). The van der Waals surface area contributed by atoms with Gasteiger partial charge in [-0.1, -0.05) is 0 Å². The molecular weight excluding hydrogens is 222 g/mol. The summed E-state index contributed by atoms with van der Waals surface area (Å²) in [6.07, 6.45) is 3.24. The second-order valence-corrected chi connectivity index (χ2v) is 5.01. The van der Waals surface area contributed by atoms with Crippen LogP contribution in [0.1, 0.15) is 36.7 Å². The summed E-state index contributed by atoms with van der Waals surface area (Å²) in [7, 11) is 0. The van der Waals surface area contributed by atoms with Gasteiger partial charge in [0.25, 0.3) is 5.91 Å². The maximum Gasteiger partial charge on any atom is 0.273 e. The third kappa shape index (κ3) is 2.25. The average Bonchev–Trinajstić information content (AvgIpc) is 2.81. The smallest absolute Gasteiger partial charge is 0.273 e. The number of carbonyl (C=O) groups excluding carboxylic acids is 1. The van der Waals surface area contributed by atoms with Crippen LogP contribution in [0.3, 0.4) is 0 Å². The number of nitrogens with two attached hydrogens (primary N) is 1. The monoisotopic (exact) mass is 239 g/mol. The van der Waals surface area contributed by atoms with Crippen molar-refractivity contribution in [2.75, 3.05) is 6.54 Å². The highest BCUT2D eigenvalue weighted by atomic mass is 32.1. The molecule has 1 aliphatic heterocycles. The molecule has 88 valence electrons. The molecule has 1 fully saturated rings. The van der Waals surface area contributed by atoms with E-state index in [1.807, 2.05) is 11.8 Å². The molecule has 0 aliphatic carbocycles. The van der Waals surface area contributed by atoms with Gasteiger partial charge in [-0.15, -0.1) is 11.3 Å². The van der Waals surface area contributed by atoms with E-state index < -0.39 is 0 Å². The summed E-state index contributed by atoms with van der Waals surface area (Å²) < 4.78 is 0. The van der Waals surface area contributed by atoms with Crippen molar-refractivity contribution in [3.05, 3.63) is 16.6 Å². The number of amides is 1. The number of thiazole rings is 1. The molecule has 1 amide bonds. The molecule has 2 N–H and O–H groups in total. The minimum atomic E-state index is 0.0304. The fourth-order valence-electron chi connectivity index (χ4n) is 2.22. The highest BCUT2D eigenvalue weighted by Crippen LogP contribution is 2.21. The first-order valence-corrected chi connectivity index (χ1v) is 6.59. The summed E-state index contributed by atoms with van der Waals surface area (Å²) >= 11 is 1.45. The van der Waals surface area contributed by atoms with Crippen LogP contribution in [-0.2, 0) is 0 Å². The van der Waals surface area contributed by atoms with Crippen LogP contribution in [0.15, 0.2) is 10.9 Å². The molecule has 2 atom stereocenters. The van der Waals surface area contributed by atoms with Gasteiger partial charge in [0.05, 0.1) is 5.51 Å². The molecule has 4 nitrogen and oxygen atoms in total. The van der Waals surface area contributed by atoms with Gasteiger partial charge in [-0.2, -0.15) is 0 Å². The van der Waals surface area contributed by atoms with Gasteiger partial charge in [0.15, 0.2) is 0 Å². The standard InChI is InChI=1S/C11H17N3OS/c1-8(12)10-4-2-3-5-14(10)11(15)9-6-16-7-13-9/h6-8,10H,2-5,12H2,1H3. The summed E-state index contributed by atoms with van der Waals surface area (Å²) in [5.41, 5.74) is 8.18. The van der Waals surface area contributed by atoms with Crippen molar-refractivity contribution in [1.82, 2.24) is 9.88 Å². The van der Waals surface area contributed by atoms with Gasteiger partial charge in [-0.3, -0.25) is 4.79 Å². The zero-order valence-corrected chi connectivity index (χ0v) is 10.2. The summed E-state index contributed by atoms with van der Waals surface area (Å²) in [5, 5.41) is 1.80. The Kier molecular flexibility index (Phi) is 3.56. The van der Waals surface area contributed by atoms with Gasteiger partial charge in [-0.25, -0.2) is 4.98 Å². The van der Waals surface area contributed by atoms with E-state index in [1.165, 1.54) is 11.3 Å². The van der Waals surface area contributed by atoms with Gasteiger partial charge < -0.3 is 10.6 Å². The number of rotatable bonds is 2. The lowest BCUT2D eigenvalue weighted by atomic mass is 9.96. The Labute approximate surface area is 99.5 Å². The molecule has 0 spiro atoms. The first-order chi connectivity index (χ1) is 7.70. The van der Waals surface area contributed by atoms with E-state index in [0.717, 1.165) is 25.8 Å². The lowest BCUT2D eigenvalue weighted by molar-refractivity contribution is 0.0578. The molecule has 1 aliphatic rings. The van der Waals surface area contributed by atoms with Gasteiger partial charge >= 0.3 is 0 Å². The van der Waals surface area contributed by atoms with E-state index in [2.05, 4.69) is 4.98 Å². The molecule has 1 aromatic rings. The summed E-state index contributed by atoms with van der Waals surface area (Å²) in [6.45, 7) is 2.78. The van der Waals surface area contributed by atoms with Crippen molar-refractivity contribution in [1.29, 1.82) is 0 Å². The highest BCUT2D eigenvalue weighted by Gasteiger charge is 2.30. The van der Waals surface area contributed by atoms with Crippen LogP contribution in [0.2, 0.25) is 0 Å². The SMILES string of the molecule is CC(N)C1CCCCN1C(=O)c1cscn1. The lowest BCUT2D eigenvalue weighted by Gasteiger charge is -2.37. The summed E-state index contributed by atoms with van der Waals surface area (Å²) in [4.78, 5) is 18.2. The van der Waals surface area contributed by atoms with Crippen molar-refractivity contribution >= 4 is 17.2 Å². The summed E-state index contributed by atoms with van der Waals surface area (Å²) in [5.74, 6) is 0.0308. The topological polar surface area (TPSA) is 59.2 Å². The minimum absolute atomic E-state index is 0.0304. The van der Waals surface area contributed by atoms with Crippen LogP contribution >= 0.6 is 11.3 Å². The molecule has 1 aromatic heterocycles. The fraction of sp³-hybridized carbons (Fsp3) is 0.636. The number of piperidine rings is 1. The molecule has 0 saturated carbocycles. The number of carbonyl (C=O) groups is 1. The lowest BCUT2D eigenvalue weighted by Crippen LogP contribution is -2.51. The molecule has 0 bridgehead atoms. The van der Waals surface area contributed by atoms with E-state index in [1.54, 1.807) is 10.9 Å². The van der Waals surface area contributed by atoms with E-state index in [9.17, 15) is 4.79 Å². The molecule has 5 heteroatoms. The fourth-order valence-corrected chi connectivity index (χ4v) is 2.75. The summed E-state index contributed by atoms with van der Waals surface area (Å²) in [6, 6.07) is 0.200.